The second-order valence-electron chi connectivity index (χ2n) is 3.85. The molecule has 1 atom stereocenters. The SMILES string of the molecule is CCOC(=O)NCC(c1cccs1)N(CC)CC. The molecule has 0 saturated carbocycles. The van der Waals surface area contributed by atoms with Crippen LogP contribution in [0.4, 0.5) is 4.79 Å². The Morgan fingerprint density at radius 2 is 2.17 bits per heavy atom. The van der Waals surface area contributed by atoms with E-state index in [2.05, 4.69) is 35.5 Å². The van der Waals surface area contributed by atoms with Gasteiger partial charge in [0.25, 0.3) is 0 Å². The van der Waals surface area contributed by atoms with E-state index in [0.29, 0.717) is 13.2 Å². The summed E-state index contributed by atoms with van der Waals surface area (Å²) in [6, 6.07) is 4.38. The molecule has 4 nitrogen and oxygen atoms in total. The molecule has 1 aromatic heterocycles. The normalized spacial score (nSPS) is 12.4. The predicted molar refractivity (Wildman–Crippen MR) is 75.0 cm³/mol. The third kappa shape index (κ3) is 4.31. The summed E-state index contributed by atoms with van der Waals surface area (Å²) in [6.07, 6.45) is -0.341. The van der Waals surface area contributed by atoms with Gasteiger partial charge in [0, 0.05) is 11.4 Å². The smallest absolute Gasteiger partial charge is 0.407 e. The number of hydrogen-bond acceptors (Lipinski definition) is 4. The van der Waals surface area contributed by atoms with Crippen molar-refractivity contribution in [3.8, 4) is 0 Å². The van der Waals surface area contributed by atoms with Gasteiger partial charge in [-0.15, -0.1) is 11.3 Å². The summed E-state index contributed by atoms with van der Waals surface area (Å²) < 4.78 is 4.89. The minimum atomic E-state index is -0.341. The molecule has 0 radical (unpaired) electrons. The Morgan fingerprint density at radius 3 is 2.67 bits per heavy atom. The quantitative estimate of drug-likeness (QED) is 0.828. The Balaban J connectivity index is 2.64. The largest absolute Gasteiger partial charge is 0.450 e. The third-order valence-electron chi connectivity index (χ3n) is 2.84. The zero-order valence-electron chi connectivity index (χ0n) is 11.3. The van der Waals surface area contributed by atoms with Gasteiger partial charge in [0.05, 0.1) is 12.6 Å². The molecule has 1 rings (SSSR count). The molecule has 0 aliphatic carbocycles. The van der Waals surface area contributed by atoms with Gasteiger partial charge in [-0.1, -0.05) is 19.9 Å². The van der Waals surface area contributed by atoms with Gasteiger partial charge in [0.1, 0.15) is 0 Å². The first-order chi connectivity index (χ1) is 8.72. The molecule has 18 heavy (non-hydrogen) atoms. The number of rotatable bonds is 7. The molecule has 0 bridgehead atoms. The van der Waals surface area contributed by atoms with E-state index in [1.807, 2.05) is 6.07 Å². The summed E-state index contributed by atoms with van der Waals surface area (Å²) in [5.74, 6) is 0. The zero-order chi connectivity index (χ0) is 13.4. The fourth-order valence-electron chi connectivity index (χ4n) is 1.92. The summed E-state index contributed by atoms with van der Waals surface area (Å²) in [6.45, 7) is 8.98. The zero-order valence-corrected chi connectivity index (χ0v) is 12.1. The van der Waals surface area contributed by atoms with Gasteiger partial charge < -0.3 is 10.1 Å². The van der Waals surface area contributed by atoms with Crippen molar-refractivity contribution >= 4 is 17.4 Å². The Hall–Kier alpha value is -1.07. The van der Waals surface area contributed by atoms with E-state index < -0.39 is 0 Å². The lowest BCUT2D eigenvalue weighted by Crippen LogP contribution is -2.37. The highest BCUT2D eigenvalue weighted by Gasteiger charge is 2.19. The first-order valence-electron chi connectivity index (χ1n) is 6.40. The number of hydrogen-bond donors (Lipinski definition) is 1. The van der Waals surface area contributed by atoms with Crippen molar-refractivity contribution in [2.45, 2.75) is 26.8 Å². The van der Waals surface area contributed by atoms with Gasteiger partial charge in [0.2, 0.25) is 0 Å². The maximum atomic E-state index is 11.4. The van der Waals surface area contributed by atoms with E-state index in [0.717, 1.165) is 13.1 Å². The molecule has 0 aliphatic heterocycles. The maximum absolute atomic E-state index is 11.4. The number of carbonyl (C=O) groups is 1. The number of amides is 1. The topological polar surface area (TPSA) is 41.6 Å². The Morgan fingerprint density at radius 1 is 1.44 bits per heavy atom. The second kappa shape index (κ2) is 8.11. The van der Waals surface area contributed by atoms with Crippen LogP contribution in [0.2, 0.25) is 0 Å². The maximum Gasteiger partial charge on any atom is 0.407 e. The average Bonchev–Trinajstić information content (AvgIpc) is 2.88. The molecule has 1 amide bonds. The fourth-order valence-corrected chi connectivity index (χ4v) is 2.78. The van der Waals surface area contributed by atoms with Crippen molar-refractivity contribution in [3.05, 3.63) is 22.4 Å². The van der Waals surface area contributed by atoms with Gasteiger partial charge in [-0.05, 0) is 31.5 Å². The number of likely N-dealkylation sites (N-methyl/N-ethyl adjacent to an activating group) is 1. The molecule has 5 heteroatoms. The fraction of sp³-hybridized carbons (Fsp3) is 0.615. The highest BCUT2D eigenvalue weighted by atomic mass is 32.1. The van der Waals surface area contributed by atoms with Crippen LogP contribution in [0.5, 0.6) is 0 Å². The summed E-state index contributed by atoms with van der Waals surface area (Å²) in [7, 11) is 0. The number of thiophene rings is 1. The van der Waals surface area contributed by atoms with Crippen molar-refractivity contribution in [3.63, 3.8) is 0 Å². The van der Waals surface area contributed by atoms with Crippen molar-refractivity contribution in [1.82, 2.24) is 10.2 Å². The predicted octanol–water partition coefficient (Wildman–Crippen LogP) is 2.88. The molecule has 0 spiro atoms. The summed E-state index contributed by atoms with van der Waals surface area (Å²) in [4.78, 5) is 15.0. The van der Waals surface area contributed by atoms with Crippen LogP contribution in [0.25, 0.3) is 0 Å². The molecular formula is C13H22N2O2S. The molecular weight excluding hydrogens is 248 g/mol. The number of nitrogens with zero attached hydrogens (tertiary/aromatic N) is 1. The molecule has 0 fully saturated rings. The Bertz CT molecular complexity index is 337. The minimum absolute atomic E-state index is 0.226. The second-order valence-corrected chi connectivity index (χ2v) is 4.83. The Labute approximate surface area is 113 Å². The van der Waals surface area contributed by atoms with E-state index in [1.165, 1.54) is 4.88 Å². The summed E-state index contributed by atoms with van der Waals surface area (Å²) >= 11 is 1.72. The standard InChI is InChI=1S/C13H22N2O2S/c1-4-15(5-2)11(12-8-7-9-18-12)10-14-13(16)17-6-3/h7-9,11H,4-6,10H2,1-3H3,(H,14,16). The molecule has 0 saturated heterocycles. The number of alkyl carbamates (subject to hydrolysis) is 1. The van der Waals surface area contributed by atoms with Crippen molar-refractivity contribution in [2.24, 2.45) is 0 Å². The van der Waals surface area contributed by atoms with Crippen molar-refractivity contribution in [1.29, 1.82) is 0 Å². The minimum Gasteiger partial charge on any atom is -0.450 e. The van der Waals surface area contributed by atoms with Gasteiger partial charge in [-0.25, -0.2) is 4.79 Å². The summed E-state index contributed by atoms with van der Waals surface area (Å²) in [5.41, 5.74) is 0. The van der Waals surface area contributed by atoms with E-state index in [9.17, 15) is 4.79 Å². The highest BCUT2D eigenvalue weighted by Crippen LogP contribution is 2.24. The van der Waals surface area contributed by atoms with Gasteiger partial charge >= 0.3 is 6.09 Å². The first-order valence-corrected chi connectivity index (χ1v) is 7.28. The molecule has 102 valence electrons. The number of ether oxygens (including phenoxy) is 1. The summed E-state index contributed by atoms with van der Waals surface area (Å²) in [5, 5.41) is 4.89. The van der Waals surface area contributed by atoms with Crippen LogP contribution in [0.3, 0.4) is 0 Å². The van der Waals surface area contributed by atoms with Crippen LogP contribution in [0, 0.1) is 0 Å². The average molecular weight is 270 g/mol. The van der Waals surface area contributed by atoms with E-state index in [4.69, 9.17) is 4.74 Å². The van der Waals surface area contributed by atoms with Gasteiger partial charge in [-0.3, -0.25) is 4.90 Å². The van der Waals surface area contributed by atoms with E-state index in [1.54, 1.807) is 18.3 Å². The Kier molecular flexibility index (Phi) is 6.75. The molecule has 1 heterocycles. The molecule has 1 N–H and O–H groups in total. The molecule has 0 aromatic carbocycles. The van der Waals surface area contributed by atoms with Gasteiger partial charge in [-0.2, -0.15) is 0 Å². The third-order valence-corrected chi connectivity index (χ3v) is 3.81. The highest BCUT2D eigenvalue weighted by molar-refractivity contribution is 7.10. The van der Waals surface area contributed by atoms with Crippen LogP contribution in [-0.2, 0) is 4.74 Å². The van der Waals surface area contributed by atoms with E-state index >= 15 is 0 Å². The lowest BCUT2D eigenvalue weighted by molar-refractivity contribution is 0.145. The number of carbonyl (C=O) groups excluding carboxylic acids is 1. The van der Waals surface area contributed by atoms with Crippen LogP contribution < -0.4 is 5.32 Å². The van der Waals surface area contributed by atoms with Crippen LogP contribution in [0.1, 0.15) is 31.7 Å². The number of nitrogens with one attached hydrogen (secondary N) is 1. The van der Waals surface area contributed by atoms with Crippen LogP contribution in [-0.4, -0.2) is 37.2 Å². The molecule has 1 unspecified atom stereocenters. The van der Waals surface area contributed by atoms with Gasteiger partial charge in [0.15, 0.2) is 0 Å². The van der Waals surface area contributed by atoms with Crippen molar-refractivity contribution in [2.75, 3.05) is 26.2 Å². The molecule has 1 aromatic rings. The van der Waals surface area contributed by atoms with E-state index in [-0.39, 0.29) is 12.1 Å². The first kappa shape index (κ1) is 15.0. The van der Waals surface area contributed by atoms with Crippen molar-refractivity contribution < 1.29 is 9.53 Å². The lowest BCUT2D eigenvalue weighted by Gasteiger charge is -2.28. The van der Waals surface area contributed by atoms with Crippen LogP contribution in [0.15, 0.2) is 17.5 Å². The van der Waals surface area contributed by atoms with Crippen LogP contribution >= 0.6 is 11.3 Å². The molecule has 0 aliphatic rings. The lowest BCUT2D eigenvalue weighted by atomic mass is 10.2. The monoisotopic (exact) mass is 270 g/mol.